The van der Waals surface area contributed by atoms with E-state index in [1.807, 2.05) is 11.6 Å². The van der Waals surface area contributed by atoms with Gasteiger partial charge >= 0.3 is 0 Å². The van der Waals surface area contributed by atoms with Crippen molar-refractivity contribution in [3.8, 4) is 11.4 Å². The Balaban J connectivity index is 2.30. The van der Waals surface area contributed by atoms with E-state index < -0.39 is 0 Å². The molecule has 92 valence electrons. The van der Waals surface area contributed by atoms with Crippen LogP contribution < -0.4 is 0 Å². The minimum Gasteiger partial charge on any atom is -0.258 e. The number of tetrazole rings is 1. The monoisotopic (exact) mass is 346 g/mol. The molecule has 0 unspecified atom stereocenters. The number of hydrogen-bond donors (Lipinski definition) is 0. The maximum absolute atomic E-state index is 4.36. The van der Waals surface area contributed by atoms with Crippen molar-refractivity contribution in [2.45, 2.75) is 33.9 Å². The fourth-order valence-electron chi connectivity index (χ4n) is 1.48. The highest BCUT2D eigenvalue weighted by atomic mass is 127. The molecule has 2 aromatic heterocycles. The lowest BCUT2D eigenvalue weighted by atomic mass is 10.2. The summed E-state index contributed by atoms with van der Waals surface area (Å²) in [5, 5.41) is 16.6. The lowest BCUT2D eigenvalue weighted by molar-refractivity contribution is 0.475. The van der Waals surface area contributed by atoms with Crippen molar-refractivity contribution in [2.24, 2.45) is 5.92 Å². The van der Waals surface area contributed by atoms with E-state index in [2.05, 4.69) is 56.9 Å². The van der Waals surface area contributed by atoms with Crippen LogP contribution in [0.5, 0.6) is 0 Å². The molecule has 0 saturated carbocycles. The minimum absolute atomic E-state index is 0.565. The zero-order valence-corrected chi connectivity index (χ0v) is 12.3. The SMILES string of the molecule is CCn1nnc(-c2cnn(CC(C)C)c2I)n1. The van der Waals surface area contributed by atoms with Crippen LogP contribution in [0.2, 0.25) is 0 Å². The van der Waals surface area contributed by atoms with Crippen LogP contribution in [0.3, 0.4) is 0 Å². The van der Waals surface area contributed by atoms with E-state index >= 15 is 0 Å². The molecule has 2 rings (SSSR count). The Labute approximate surface area is 114 Å². The summed E-state index contributed by atoms with van der Waals surface area (Å²) in [7, 11) is 0. The molecule has 0 bridgehead atoms. The largest absolute Gasteiger partial charge is 0.258 e. The van der Waals surface area contributed by atoms with Crippen LogP contribution in [0.1, 0.15) is 20.8 Å². The Morgan fingerprint density at radius 3 is 2.76 bits per heavy atom. The third-order valence-corrected chi connectivity index (χ3v) is 3.43. The van der Waals surface area contributed by atoms with Gasteiger partial charge in [-0.15, -0.1) is 10.2 Å². The smallest absolute Gasteiger partial charge is 0.209 e. The van der Waals surface area contributed by atoms with Gasteiger partial charge in [0.15, 0.2) is 0 Å². The van der Waals surface area contributed by atoms with Gasteiger partial charge in [0.2, 0.25) is 5.82 Å². The maximum Gasteiger partial charge on any atom is 0.209 e. The summed E-state index contributed by atoms with van der Waals surface area (Å²) in [6, 6.07) is 0. The average Bonchev–Trinajstić information content (AvgIpc) is 2.86. The molecule has 0 radical (unpaired) electrons. The molecule has 0 aliphatic heterocycles. The third-order valence-electron chi connectivity index (χ3n) is 2.29. The van der Waals surface area contributed by atoms with Crippen LogP contribution in [0.15, 0.2) is 6.20 Å². The summed E-state index contributed by atoms with van der Waals surface area (Å²) in [5.41, 5.74) is 0.950. The van der Waals surface area contributed by atoms with Crippen molar-refractivity contribution in [1.82, 2.24) is 30.0 Å². The number of rotatable bonds is 4. The Bertz CT molecular complexity index is 501. The van der Waals surface area contributed by atoms with E-state index in [-0.39, 0.29) is 0 Å². The van der Waals surface area contributed by atoms with Crippen LogP contribution in [0.25, 0.3) is 11.4 Å². The Hall–Kier alpha value is -0.990. The van der Waals surface area contributed by atoms with Crippen molar-refractivity contribution >= 4 is 22.6 Å². The second kappa shape index (κ2) is 5.11. The maximum atomic E-state index is 4.36. The van der Waals surface area contributed by atoms with Gasteiger partial charge in [0.05, 0.1) is 18.3 Å². The first-order valence-corrected chi connectivity index (χ1v) is 6.69. The molecule has 6 nitrogen and oxygen atoms in total. The predicted octanol–water partition coefficient (Wildman–Crippen LogP) is 1.82. The summed E-state index contributed by atoms with van der Waals surface area (Å²) in [6.45, 7) is 7.95. The summed E-state index contributed by atoms with van der Waals surface area (Å²) in [4.78, 5) is 1.57. The third kappa shape index (κ3) is 2.64. The number of hydrogen-bond acceptors (Lipinski definition) is 4. The van der Waals surface area contributed by atoms with Gasteiger partial charge in [0.1, 0.15) is 3.70 Å². The molecule has 0 fully saturated rings. The van der Waals surface area contributed by atoms with Gasteiger partial charge in [-0.3, -0.25) is 4.68 Å². The molecule has 0 atom stereocenters. The zero-order chi connectivity index (χ0) is 12.4. The van der Waals surface area contributed by atoms with Crippen molar-refractivity contribution in [3.63, 3.8) is 0 Å². The Morgan fingerprint density at radius 2 is 2.18 bits per heavy atom. The number of aryl methyl sites for hydroxylation is 1. The second-order valence-corrected chi connectivity index (χ2v) is 5.25. The molecule has 2 heterocycles. The van der Waals surface area contributed by atoms with E-state index in [1.165, 1.54) is 0 Å². The standard InChI is InChI=1S/C10H15IN6/c1-4-17-14-10(13-15-17)8-5-12-16(9(8)11)6-7(2)3/h5,7H,4,6H2,1-3H3. The lowest BCUT2D eigenvalue weighted by Gasteiger charge is -2.05. The van der Waals surface area contributed by atoms with Gasteiger partial charge in [0, 0.05) is 6.54 Å². The van der Waals surface area contributed by atoms with Crippen LogP contribution in [0, 0.1) is 9.62 Å². The van der Waals surface area contributed by atoms with E-state index in [0.717, 1.165) is 22.4 Å². The molecule has 0 amide bonds. The van der Waals surface area contributed by atoms with Crippen molar-refractivity contribution < 1.29 is 0 Å². The van der Waals surface area contributed by atoms with E-state index in [4.69, 9.17) is 0 Å². The molecule has 0 aliphatic carbocycles. The summed E-state index contributed by atoms with van der Waals surface area (Å²) >= 11 is 2.28. The fourth-order valence-corrected chi connectivity index (χ4v) is 2.18. The van der Waals surface area contributed by atoms with E-state index in [0.29, 0.717) is 11.7 Å². The molecule has 0 aliphatic rings. The molecular weight excluding hydrogens is 331 g/mol. The highest BCUT2D eigenvalue weighted by molar-refractivity contribution is 14.1. The first-order chi connectivity index (χ1) is 8.11. The van der Waals surface area contributed by atoms with Gasteiger partial charge in [0.25, 0.3) is 0 Å². The van der Waals surface area contributed by atoms with Crippen LogP contribution in [-0.4, -0.2) is 30.0 Å². The lowest BCUT2D eigenvalue weighted by Crippen LogP contribution is -2.07. The summed E-state index contributed by atoms with van der Waals surface area (Å²) in [6.07, 6.45) is 1.81. The molecule has 0 aromatic carbocycles. The summed E-state index contributed by atoms with van der Waals surface area (Å²) < 4.78 is 3.04. The number of halogens is 1. The Morgan fingerprint density at radius 1 is 1.41 bits per heavy atom. The quantitative estimate of drug-likeness (QED) is 0.793. The van der Waals surface area contributed by atoms with Gasteiger partial charge in [-0.25, -0.2) is 0 Å². The van der Waals surface area contributed by atoms with Crippen molar-refractivity contribution in [2.75, 3.05) is 0 Å². The molecule has 0 N–H and O–H groups in total. The Kier molecular flexibility index (Phi) is 3.75. The van der Waals surface area contributed by atoms with E-state index in [9.17, 15) is 0 Å². The zero-order valence-electron chi connectivity index (χ0n) is 10.1. The number of aromatic nitrogens is 6. The first-order valence-electron chi connectivity index (χ1n) is 5.61. The van der Waals surface area contributed by atoms with Gasteiger partial charge in [-0.05, 0) is 40.6 Å². The summed E-state index contributed by atoms with van der Waals surface area (Å²) in [5.74, 6) is 1.21. The van der Waals surface area contributed by atoms with E-state index in [1.54, 1.807) is 11.0 Å². The van der Waals surface area contributed by atoms with Crippen molar-refractivity contribution in [1.29, 1.82) is 0 Å². The van der Waals surface area contributed by atoms with Crippen LogP contribution in [0.4, 0.5) is 0 Å². The molecule has 7 heteroatoms. The van der Waals surface area contributed by atoms with Gasteiger partial charge < -0.3 is 0 Å². The number of nitrogens with zero attached hydrogens (tertiary/aromatic N) is 6. The van der Waals surface area contributed by atoms with Gasteiger partial charge in [-0.2, -0.15) is 9.90 Å². The minimum atomic E-state index is 0.565. The van der Waals surface area contributed by atoms with Crippen LogP contribution in [-0.2, 0) is 13.1 Å². The van der Waals surface area contributed by atoms with Crippen LogP contribution >= 0.6 is 22.6 Å². The second-order valence-electron chi connectivity index (χ2n) is 4.23. The van der Waals surface area contributed by atoms with Gasteiger partial charge in [-0.1, -0.05) is 13.8 Å². The fraction of sp³-hybridized carbons (Fsp3) is 0.600. The highest BCUT2D eigenvalue weighted by Gasteiger charge is 2.15. The first kappa shape index (κ1) is 12.5. The molecular formula is C10H15IN6. The highest BCUT2D eigenvalue weighted by Crippen LogP contribution is 2.21. The van der Waals surface area contributed by atoms with Crippen molar-refractivity contribution in [3.05, 3.63) is 9.90 Å². The normalized spacial score (nSPS) is 11.4. The molecule has 2 aromatic rings. The average molecular weight is 346 g/mol. The topological polar surface area (TPSA) is 61.4 Å². The molecule has 0 spiro atoms. The molecule has 0 saturated heterocycles. The molecule has 17 heavy (non-hydrogen) atoms. The predicted molar refractivity (Wildman–Crippen MR) is 72.3 cm³/mol.